The fourth-order valence-electron chi connectivity index (χ4n) is 2.92. The van der Waals surface area contributed by atoms with E-state index in [0.29, 0.717) is 17.1 Å². The van der Waals surface area contributed by atoms with Crippen molar-refractivity contribution in [2.24, 2.45) is 0 Å². The predicted molar refractivity (Wildman–Crippen MR) is 105 cm³/mol. The van der Waals surface area contributed by atoms with Crippen LogP contribution < -0.4 is 5.32 Å². The Hall–Kier alpha value is -2.39. The van der Waals surface area contributed by atoms with Crippen LogP contribution in [0.4, 0.5) is 0 Å². The summed E-state index contributed by atoms with van der Waals surface area (Å²) in [4.78, 5) is 26.3. The summed E-state index contributed by atoms with van der Waals surface area (Å²) in [5.41, 5.74) is 1.20. The molecule has 0 aliphatic carbocycles. The number of hydrogen-bond acceptors (Lipinski definition) is 5. The molecule has 1 fully saturated rings. The molecule has 2 amide bonds. The maximum atomic E-state index is 12.4. The molecular weight excluding hydrogens is 404 g/mol. The molecule has 10 heteroatoms. The van der Waals surface area contributed by atoms with Crippen molar-refractivity contribution in [3.63, 3.8) is 0 Å². The van der Waals surface area contributed by atoms with Crippen molar-refractivity contribution in [1.29, 1.82) is 0 Å². The van der Waals surface area contributed by atoms with Gasteiger partial charge in [-0.2, -0.15) is 5.10 Å². The van der Waals surface area contributed by atoms with Crippen LogP contribution in [0.1, 0.15) is 22.8 Å². The quantitative estimate of drug-likeness (QED) is 0.770. The monoisotopic (exact) mass is 424 g/mol. The van der Waals surface area contributed by atoms with Gasteiger partial charge in [0.2, 0.25) is 5.91 Å². The molecule has 1 saturated heterocycles. The predicted octanol–water partition coefficient (Wildman–Crippen LogP) is 0.960. The van der Waals surface area contributed by atoms with Crippen LogP contribution in [0.5, 0.6) is 0 Å². The summed E-state index contributed by atoms with van der Waals surface area (Å²) in [5.74, 6) is -0.815. The molecule has 0 saturated carbocycles. The van der Waals surface area contributed by atoms with E-state index >= 15 is 0 Å². The van der Waals surface area contributed by atoms with E-state index in [1.54, 1.807) is 23.9 Å². The molecule has 1 unspecified atom stereocenters. The number of carbonyl (C=O) groups excluding carboxylic acids is 2. The zero-order chi connectivity index (χ0) is 20.3. The molecule has 3 rings (SSSR count). The van der Waals surface area contributed by atoms with Gasteiger partial charge in [0.05, 0.1) is 29.8 Å². The molecule has 1 atom stereocenters. The molecule has 1 aliphatic rings. The van der Waals surface area contributed by atoms with Gasteiger partial charge in [-0.15, -0.1) is 0 Å². The number of hydrogen-bond donors (Lipinski definition) is 1. The molecule has 0 bridgehead atoms. The van der Waals surface area contributed by atoms with Gasteiger partial charge in [-0.25, -0.2) is 8.42 Å². The zero-order valence-electron chi connectivity index (χ0n) is 15.3. The van der Waals surface area contributed by atoms with Gasteiger partial charge in [-0.1, -0.05) is 29.8 Å². The average molecular weight is 425 g/mol. The van der Waals surface area contributed by atoms with Gasteiger partial charge in [0.1, 0.15) is 6.04 Å². The summed E-state index contributed by atoms with van der Waals surface area (Å²) in [6.07, 6.45) is 3.01. The highest BCUT2D eigenvalue weighted by Crippen LogP contribution is 2.16. The van der Waals surface area contributed by atoms with Gasteiger partial charge in [0.25, 0.3) is 5.91 Å². The summed E-state index contributed by atoms with van der Waals surface area (Å²) in [6.45, 7) is 2.30. The number of aromatic nitrogens is 2. The van der Waals surface area contributed by atoms with E-state index < -0.39 is 21.8 Å². The van der Waals surface area contributed by atoms with Crippen molar-refractivity contribution in [3.8, 4) is 0 Å². The fraction of sp³-hybridized carbons (Fsp3) is 0.389. The lowest BCUT2D eigenvalue weighted by atomic mass is 10.2. The molecular formula is C18H21ClN4O4S. The molecule has 0 spiro atoms. The summed E-state index contributed by atoms with van der Waals surface area (Å²) in [7, 11) is -3.07. The van der Waals surface area contributed by atoms with Crippen molar-refractivity contribution in [1.82, 2.24) is 20.0 Å². The number of halogens is 1. The average Bonchev–Trinajstić information content (AvgIpc) is 3.12. The normalized spacial score (nSPS) is 17.1. The van der Waals surface area contributed by atoms with Crippen molar-refractivity contribution in [2.45, 2.75) is 19.5 Å². The lowest BCUT2D eigenvalue weighted by Crippen LogP contribution is -2.51. The molecule has 28 heavy (non-hydrogen) atoms. The minimum absolute atomic E-state index is 0.0474. The van der Waals surface area contributed by atoms with E-state index in [0.717, 1.165) is 5.56 Å². The Labute approximate surface area is 168 Å². The van der Waals surface area contributed by atoms with E-state index in [1.807, 2.05) is 18.2 Å². The van der Waals surface area contributed by atoms with Crippen LogP contribution in [0.3, 0.4) is 0 Å². The highest BCUT2D eigenvalue weighted by Gasteiger charge is 2.28. The number of carbonyl (C=O) groups is 2. The molecule has 2 heterocycles. The van der Waals surface area contributed by atoms with Crippen LogP contribution in [0, 0.1) is 0 Å². The van der Waals surface area contributed by atoms with Gasteiger partial charge in [0.15, 0.2) is 9.84 Å². The van der Waals surface area contributed by atoms with E-state index in [2.05, 4.69) is 10.4 Å². The zero-order valence-corrected chi connectivity index (χ0v) is 16.9. The van der Waals surface area contributed by atoms with Crippen molar-refractivity contribution >= 4 is 33.3 Å². The van der Waals surface area contributed by atoms with E-state index in [1.165, 1.54) is 11.1 Å². The summed E-state index contributed by atoms with van der Waals surface area (Å²) < 4.78 is 24.6. The lowest BCUT2D eigenvalue weighted by molar-refractivity contribution is -0.132. The molecule has 1 aliphatic heterocycles. The topological polar surface area (TPSA) is 101 Å². The Balaban J connectivity index is 1.58. The second-order valence-corrected chi connectivity index (χ2v) is 9.40. The Bertz CT molecular complexity index is 975. The molecule has 150 valence electrons. The van der Waals surface area contributed by atoms with Crippen LogP contribution in [0.25, 0.3) is 0 Å². The summed E-state index contributed by atoms with van der Waals surface area (Å²) >= 11 is 6.14. The van der Waals surface area contributed by atoms with Crippen molar-refractivity contribution in [2.75, 3.05) is 24.6 Å². The molecule has 8 nitrogen and oxygen atoms in total. The standard InChI is InChI=1S/C18H21ClN4O4S/c1-13(18(25)22-6-8-28(26,27)9-7-22)21-17(24)15-10-20-23(12-15)11-14-4-2-3-5-16(14)19/h2-5,10,12-13H,6-9,11H2,1H3,(H,21,24). The van der Waals surface area contributed by atoms with Crippen molar-refractivity contribution < 1.29 is 18.0 Å². The SMILES string of the molecule is CC(NC(=O)c1cnn(Cc2ccccc2Cl)c1)C(=O)N1CCS(=O)(=O)CC1. The summed E-state index contributed by atoms with van der Waals surface area (Å²) in [6, 6.07) is 6.61. The first kappa shape index (κ1) is 20.3. The largest absolute Gasteiger partial charge is 0.340 e. The second kappa shape index (κ2) is 8.32. The Morgan fingerprint density at radius 3 is 2.61 bits per heavy atom. The molecule has 0 radical (unpaired) electrons. The molecule has 1 aromatic carbocycles. The van der Waals surface area contributed by atoms with Crippen molar-refractivity contribution in [3.05, 3.63) is 52.8 Å². The third kappa shape index (κ3) is 4.90. The van der Waals surface area contributed by atoms with Crippen LogP contribution in [0.2, 0.25) is 5.02 Å². The van der Waals surface area contributed by atoms with E-state index in [-0.39, 0.29) is 30.5 Å². The van der Waals surface area contributed by atoms with Gasteiger partial charge in [-0.3, -0.25) is 14.3 Å². The first-order valence-corrected chi connectivity index (χ1v) is 11.0. The Kier molecular flexibility index (Phi) is 6.04. The maximum Gasteiger partial charge on any atom is 0.255 e. The van der Waals surface area contributed by atoms with Gasteiger partial charge in [0, 0.05) is 24.3 Å². The first-order valence-electron chi connectivity index (χ1n) is 8.81. The third-order valence-electron chi connectivity index (χ3n) is 4.56. The van der Waals surface area contributed by atoms with Crippen LogP contribution in [0.15, 0.2) is 36.7 Å². The fourth-order valence-corrected chi connectivity index (χ4v) is 4.31. The van der Waals surface area contributed by atoms with E-state index in [9.17, 15) is 18.0 Å². The molecule has 1 aromatic heterocycles. The number of sulfone groups is 1. The number of rotatable bonds is 5. The number of amides is 2. The van der Waals surface area contributed by atoms with Gasteiger partial charge in [-0.05, 0) is 18.6 Å². The molecule has 1 N–H and O–H groups in total. The minimum atomic E-state index is -3.07. The lowest BCUT2D eigenvalue weighted by Gasteiger charge is -2.29. The second-order valence-electron chi connectivity index (χ2n) is 6.69. The minimum Gasteiger partial charge on any atom is -0.340 e. The Morgan fingerprint density at radius 2 is 1.93 bits per heavy atom. The highest BCUT2D eigenvalue weighted by atomic mass is 35.5. The first-order chi connectivity index (χ1) is 13.2. The molecule has 2 aromatic rings. The maximum absolute atomic E-state index is 12.4. The van der Waals surface area contributed by atoms with Crippen LogP contribution in [-0.4, -0.2) is 65.5 Å². The van der Waals surface area contributed by atoms with Gasteiger partial charge >= 0.3 is 0 Å². The number of nitrogens with one attached hydrogen (secondary N) is 1. The van der Waals surface area contributed by atoms with Gasteiger partial charge < -0.3 is 10.2 Å². The number of benzene rings is 1. The van der Waals surface area contributed by atoms with Crippen LogP contribution >= 0.6 is 11.6 Å². The highest BCUT2D eigenvalue weighted by molar-refractivity contribution is 7.91. The van der Waals surface area contributed by atoms with Crippen LogP contribution in [-0.2, 0) is 21.2 Å². The van der Waals surface area contributed by atoms with E-state index in [4.69, 9.17) is 11.6 Å². The number of nitrogens with zero attached hydrogens (tertiary/aromatic N) is 3. The summed E-state index contributed by atoms with van der Waals surface area (Å²) in [5, 5.41) is 7.43. The Morgan fingerprint density at radius 1 is 1.25 bits per heavy atom. The third-order valence-corrected chi connectivity index (χ3v) is 6.54. The smallest absolute Gasteiger partial charge is 0.255 e.